The number of hydrogen-bond acceptors (Lipinski definition) is 3. The highest BCUT2D eigenvalue weighted by molar-refractivity contribution is 7.07. The lowest BCUT2D eigenvalue weighted by Crippen LogP contribution is -2.29. The van der Waals surface area contributed by atoms with Crippen LogP contribution >= 0.6 is 11.3 Å². The minimum Gasteiger partial charge on any atom is -0.350 e. The molecule has 1 heterocycles. The van der Waals surface area contributed by atoms with E-state index in [1.807, 2.05) is 50.4 Å². The molecule has 1 N–H and O–H groups in total. The van der Waals surface area contributed by atoms with Crippen molar-refractivity contribution in [3.63, 3.8) is 0 Å². The van der Waals surface area contributed by atoms with E-state index in [0.29, 0.717) is 13.0 Å². The summed E-state index contributed by atoms with van der Waals surface area (Å²) in [6.45, 7) is 6.32. The number of thiazole rings is 1. The second-order valence-electron chi connectivity index (χ2n) is 5.19. The third kappa shape index (κ3) is 3.82. The highest BCUT2D eigenvalue weighted by Gasteiger charge is 2.12. The molecule has 4 nitrogen and oxygen atoms in total. The monoisotopic (exact) mass is 304 g/mol. The Balaban J connectivity index is 1.93. The van der Waals surface area contributed by atoms with Crippen molar-refractivity contribution in [3.8, 4) is 0 Å². The van der Waals surface area contributed by atoms with Crippen molar-refractivity contribution in [2.24, 2.45) is 0 Å². The van der Waals surface area contributed by atoms with Crippen LogP contribution in [0.4, 0.5) is 0 Å². The molecule has 0 aliphatic carbocycles. The maximum absolute atomic E-state index is 12.0. The molecule has 0 bridgehead atoms. The highest BCUT2D eigenvalue weighted by atomic mass is 32.1. The standard InChI is InChI=1S/C16H20N2O2S/c1-11-6-4-5-7-14(11)13(3)17-15(19)8-9-18-12(2)10-21-16(18)20/h4-7,10,13H,8-9H2,1-3H3,(H,17,19). The third-order valence-corrected chi connectivity index (χ3v) is 4.45. The van der Waals surface area contributed by atoms with Crippen molar-refractivity contribution in [1.29, 1.82) is 0 Å². The van der Waals surface area contributed by atoms with Crippen LogP contribution in [-0.2, 0) is 11.3 Å². The van der Waals surface area contributed by atoms with Crippen LogP contribution in [0.25, 0.3) is 0 Å². The summed E-state index contributed by atoms with van der Waals surface area (Å²) in [5.41, 5.74) is 3.19. The quantitative estimate of drug-likeness (QED) is 0.923. The summed E-state index contributed by atoms with van der Waals surface area (Å²) < 4.78 is 1.64. The molecule has 5 heteroatoms. The fraction of sp³-hybridized carbons (Fsp3) is 0.375. The van der Waals surface area contributed by atoms with Crippen LogP contribution in [0.3, 0.4) is 0 Å². The van der Waals surface area contributed by atoms with Gasteiger partial charge in [-0.2, -0.15) is 0 Å². The number of benzene rings is 1. The molecule has 1 aromatic heterocycles. The molecule has 1 aromatic carbocycles. The van der Waals surface area contributed by atoms with E-state index in [1.165, 1.54) is 11.3 Å². The van der Waals surface area contributed by atoms with E-state index in [1.54, 1.807) is 4.57 Å². The molecule has 0 spiro atoms. The maximum Gasteiger partial charge on any atom is 0.307 e. The zero-order valence-electron chi connectivity index (χ0n) is 12.6. The molecule has 0 saturated heterocycles. The molecule has 112 valence electrons. The van der Waals surface area contributed by atoms with Crippen molar-refractivity contribution in [1.82, 2.24) is 9.88 Å². The largest absolute Gasteiger partial charge is 0.350 e. The average Bonchev–Trinajstić information content (AvgIpc) is 2.76. The fourth-order valence-electron chi connectivity index (χ4n) is 2.35. The lowest BCUT2D eigenvalue weighted by atomic mass is 10.0. The molecular weight excluding hydrogens is 284 g/mol. The Morgan fingerprint density at radius 3 is 2.67 bits per heavy atom. The number of nitrogens with zero attached hydrogens (tertiary/aromatic N) is 1. The summed E-state index contributed by atoms with van der Waals surface area (Å²) in [6, 6.07) is 7.98. The van der Waals surface area contributed by atoms with Crippen LogP contribution in [0.1, 0.15) is 36.2 Å². The first kappa shape index (κ1) is 15.5. The number of aryl methyl sites for hydroxylation is 2. The van der Waals surface area contributed by atoms with Crippen molar-refractivity contribution >= 4 is 17.2 Å². The minimum absolute atomic E-state index is 0.00717. The molecule has 0 radical (unpaired) electrons. The number of nitrogens with one attached hydrogen (secondary N) is 1. The predicted octanol–water partition coefficient (Wildman–Crippen LogP) is 2.79. The van der Waals surface area contributed by atoms with Gasteiger partial charge >= 0.3 is 4.87 Å². The van der Waals surface area contributed by atoms with Gasteiger partial charge in [0.2, 0.25) is 5.91 Å². The van der Waals surface area contributed by atoms with Crippen LogP contribution in [0.5, 0.6) is 0 Å². The molecule has 1 atom stereocenters. The smallest absolute Gasteiger partial charge is 0.307 e. The number of carbonyl (C=O) groups is 1. The highest BCUT2D eigenvalue weighted by Crippen LogP contribution is 2.16. The Hall–Kier alpha value is -1.88. The van der Waals surface area contributed by atoms with E-state index in [4.69, 9.17) is 0 Å². The zero-order valence-corrected chi connectivity index (χ0v) is 13.4. The summed E-state index contributed by atoms with van der Waals surface area (Å²) in [7, 11) is 0. The van der Waals surface area contributed by atoms with Crippen molar-refractivity contribution < 1.29 is 4.79 Å². The molecular formula is C16H20N2O2S. The normalized spacial score (nSPS) is 12.1. The van der Waals surface area contributed by atoms with Crippen molar-refractivity contribution in [2.75, 3.05) is 0 Å². The molecule has 2 rings (SSSR count). The summed E-state index contributed by atoms with van der Waals surface area (Å²) in [5, 5.41) is 4.80. The molecule has 1 unspecified atom stereocenters. The van der Waals surface area contributed by atoms with Gasteiger partial charge in [0.15, 0.2) is 0 Å². The molecule has 0 saturated carbocycles. The van der Waals surface area contributed by atoms with Gasteiger partial charge < -0.3 is 9.88 Å². The van der Waals surface area contributed by atoms with Gasteiger partial charge in [-0.05, 0) is 31.9 Å². The van der Waals surface area contributed by atoms with Gasteiger partial charge in [0.25, 0.3) is 0 Å². The van der Waals surface area contributed by atoms with E-state index in [-0.39, 0.29) is 16.8 Å². The Bertz CT molecular complexity index is 688. The predicted molar refractivity (Wildman–Crippen MR) is 85.7 cm³/mol. The van der Waals surface area contributed by atoms with Crippen LogP contribution in [-0.4, -0.2) is 10.5 Å². The van der Waals surface area contributed by atoms with Gasteiger partial charge in [0.1, 0.15) is 0 Å². The topological polar surface area (TPSA) is 51.1 Å². The Kier molecular flexibility index (Phi) is 4.96. The summed E-state index contributed by atoms with van der Waals surface area (Å²) in [6.07, 6.45) is 0.313. The molecule has 0 aliphatic rings. The molecule has 0 fully saturated rings. The van der Waals surface area contributed by atoms with Crippen LogP contribution in [0.15, 0.2) is 34.4 Å². The summed E-state index contributed by atoms with van der Waals surface area (Å²) in [4.78, 5) is 23.6. The molecule has 1 amide bonds. The Morgan fingerprint density at radius 1 is 1.33 bits per heavy atom. The lowest BCUT2D eigenvalue weighted by Gasteiger charge is -2.16. The second-order valence-corrected chi connectivity index (χ2v) is 6.01. The number of hydrogen-bond donors (Lipinski definition) is 1. The summed E-state index contributed by atoms with van der Waals surface area (Å²) in [5.74, 6) is -0.0387. The lowest BCUT2D eigenvalue weighted by molar-refractivity contribution is -0.121. The van der Waals surface area contributed by atoms with Crippen LogP contribution in [0.2, 0.25) is 0 Å². The molecule has 2 aromatic rings. The Morgan fingerprint density at radius 2 is 2.05 bits per heavy atom. The zero-order chi connectivity index (χ0) is 15.4. The number of carbonyl (C=O) groups excluding carboxylic acids is 1. The van der Waals surface area contributed by atoms with E-state index >= 15 is 0 Å². The van der Waals surface area contributed by atoms with E-state index in [0.717, 1.165) is 16.8 Å². The van der Waals surface area contributed by atoms with E-state index in [9.17, 15) is 9.59 Å². The van der Waals surface area contributed by atoms with Gasteiger partial charge in [-0.15, -0.1) is 0 Å². The van der Waals surface area contributed by atoms with Gasteiger partial charge in [0, 0.05) is 24.0 Å². The molecule has 21 heavy (non-hydrogen) atoms. The van der Waals surface area contributed by atoms with Gasteiger partial charge in [-0.25, -0.2) is 0 Å². The first-order valence-corrected chi connectivity index (χ1v) is 7.87. The van der Waals surface area contributed by atoms with E-state index in [2.05, 4.69) is 5.32 Å². The minimum atomic E-state index is -0.0387. The van der Waals surface area contributed by atoms with Gasteiger partial charge in [0.05, 0.1) is 6.04 Å². The third-order valence-electron chi connectivity index (χ3n) is 3.57. The molecule has 0 aliphatic heterocycles. The van der Waals surface area contributed by atoms with Gasteiger partial charge in [-0.3, -0.25) is 9.59 Å². The van der Waals surface area contributed by atoms with Gasteiger partial charge in [-0.1, -0.05) is 35.6 Å². The van der Waals surface area contributed by atoms with Crippen LogP contribution in [0, 0.1) is 13.8 Å². The SMILES string of the molecule is Cc1ccccc1C(C)NC(=O)CCn1c(C)csc1=O. The number of amides is 1. The van der Waals surface area contributed by atoms with Crippen molar-refractivity contribution in [3.05, 3.63) is 56.1 Å². The average molecular weight is 304 g/mol. The summed E-state index contributed by atoms with van der Waals surface area (Å²) >= 11 is 1.17. The number of aromatic nitrogens is 1. The first-order chi connectivity index (χ1) is 9.99. The van der Waals surface area contributed by atoms with E-state index < -0.39 is 0 Å². The second kappa shape index (κ2) is 6.72. The number of rotatable bonds is 5. The Labute approximate surface area is 128 Å². The fourth-order valence-corrected chi connectivity index (χ4v) is 3.11. The van der Waals surface area contributed by atoms with Crippen molar-refractivity contribution in [2.45, 2.75) is 39.8 Å². The first-order valence-electron chi connectivity index (χ1n) is 6.99. The maximum atomic E-state index is 12.0. The van der Waals surface area contributed by atoms with Crippen LogP contribution < -0.4 is 10.2 Å².